The van der Waals surface area contributed by atoms with E-state index in [-0.39, 0.29) is 6.04 Å². The molecule has 0 aliphatic heterocycles. The first-order valence-electron chi connectivity index (χ1n) is 7.55. The number of hydrogen-bond donors (Lipinski definition) is 1. The third kappa shape index (κ3) is 3.30. The topological polar surface area (TPSA) is 47.7 Å². The largest absolute Gasteiger partial charge is 0.336 e. The SMILES string of the molecule is CCNC(Cc1c(Cl)c(CC)nn1CC)c1cncn1C. The molecule has 0 radical (unpaired) electrons. The van der Waals surface area contributed by atoms with Gasteiger partial charge in [-0.2, -0.15) is 5.10 Å². The second-order valence-electron chi connectivity index (χ2n) is 5.12. The molecule has 6 heteroatoms. The van der Waals surface area contributed by atoms with Crippen molar-refractivity contribution in [2.45, 2.75) is 46.2 Å². The first kappa shape index (κ1) is 16.0. The lowest BCUT2D eigenvalue weighted by atomic mass is 10.1. The zero-order chi connectivity index (χ0) is 15.4. The Hall–Kier alpha value is -1.33. The number of nitrogens with zero attached hydrogens (tertiary/aromatic N) is 4. The van der Waals surface area contributed by atoms with Gasteiger partial charge in [0, 0.05) is 26.2 Å². The average molecular weight is 310 g/mol. The molecule has 116 valence electrons. The van der Waals surface area contributed by atoms with Crippen LogP contribution in [-0.2, 0) is 26.4 Å². The zero-order valence-electron chi connectivity index (χ0n) is 13.2. The molecule has 0 aliphatic carbocycles. The van der Waals surface area contributed by atoms with E-state index in [9.17, 15) is 0 Å². The van der Waals surface area contributed by atoms with E-state index in [1.165, 1.54) is 0 Å². The van der Waals surface area contributed by atoms with Crippen LogP contribution in [0.4, 0.5) is 0 Å². The summed E-state index contributed by atoms with van der Waals surface area (Å²) in [5, 5.41) is 8.93. The summed E-state index contributed by atoms with van der Waals surface area (Å²) < 4.78 is 4.07. The molecular formula is C15H24ClN5. The summed E-state index contributed by atoms with van der Waals surface area (Å²) >= 11 is 6.52. The fourth-order valence-corrected chi connectivity index (χ4v) is 2.98. The van der Waals surface area contributed by atoms with Crippen molar-refractivity contribution in [2.75, 3.05) is 6.54 Å². The van der Waals surface area contributed by atoms with Crippen LogP contribution in [0, 0.1) is 0 Å². The van der Waals surface area contributed by atoms with Gasteiger partial charge in [0.15, 0.2) is 0 Å². The molecular weight excluding hydrogens is 286 g/mol. The van der Waals surface area contributed by atoms with Gasteiger partial charge in [0.05, 0.1) is 34.5 Å². The maximum absolute atomic E-state index is 6.52. The second-order valence-corrected chi connectivity index (χ2v) is 5.50. The number of halogens is 1. The first-order valence-corrected chi connectivity index (χ1v) is 7.93. The minimum Gasteiger partial charge on any atom is -0.336 e. The Bertz CT molecular complexity index is 587. The highest BCUT2D eigenvalue weighted by atomic mass is 35.5. The van der Waals surface area contributed by atoms with Crippen LogP contribution in [0.5, 0.6) is 0 Å². The van der Waals surface area contributed by atoms with Gasteiger partial charge in [0.1, 0.15) is 0 Å². The van der Waals surface area contributed by atoms with E-state index in [0.717, 1.165) is 48.0 Å². The highest BCUT2D eigenvalue weighted by Crippen LogP contribution is 2.26. The van der Waals surface area contributed by atoms with Gasteiger partial charge in [0.25, 0.3) is 0 Å². The van der Waals surface area contributed by atoms with Gasteiger partial charge in [-0.05, 0) is 19.9 Å². The van der Waals surface area contributed by atoms with Crippen LogP contribution in [0.2, 0.25) is 5.02 Å². The van der Waals surface area contributed by atoms with E-state index < -0.39 is 0 Å². The number of aromatic nitrogens is 4. The van der Waals surface area contributed by atoms with Crippen molar-refractivity contribution in [3.05, 3.63) is 34.6 Å². The maximum Gasteiger partial charge on any atom is 0.0946 e. The smallest absolute Gasteiger partial charge is 0.0946 e. The molecule has 1 unspecified atom stereocenters. The Morgan fingerprint density at radius 1 is 1.33 bits per heavy atom. The van der Waals surface area contributed by atoms with Crippen LogP contribution in [0.3, 0.4) is 0 Å². The molecule has 5 nitrogen and oxygen atoms in total. The molecule has 0 saturated carbocycles. The summed E-state index contributed by atoms with van der Waals surface area (Å²) in [6.45, 7) is 8.02. The van der Waals surface area contributed by atoms with Crippen LogP contribution in [0.1, 0.15) is 43.9 Å². The van der Waals surface area contributed by atoms with Gasteiger partial charge in [-0.1, -0.05) is 25.4 Å². The van der Waals surface area contributed by atoms with Crippen molar-refractivity contribution in [3.63, 3.8) is 0 Å². The number of imidazole rings is 1. The Balaban J connectivity index is 2.33. The first-order chi connectivity index (χ1) is 10.1. The van der Waals surface area contributed by atoms with Gasteiger partial charge in [0.2, 0.25) is 0 Å². The summed E-state index contributed by atoms with van der Waals surface area (Å²) in [6.07, 6.45) is 5.41. The van der Waals surface area contributed by atoms with Gasteiger partial charge in [-0.15, -0.1) is 0 Å². The third-order valence-corrected chi connectivity index (χ3v) is 4.19. The lowest BCUT2D eigenvalue weighted by Gasteiger charge is -2.19. The molecule has 2 aromatic rings. The molecule has 2 heterocycles. The standard InChI is InChI=1S/C15H24ClN5/c1-5-11-15(16)13(21(7-3)19-11)8-12(18-6-2)14-9-17-10-20(14)4/h9-10,12,18H,5-8H2,1-4H3. The Morgan fingerprint density at radius 3 is 2.62 bits per heavy atom. The van der Waals surface area contributed by atoms with Gasteiger partial charge in [-0.3, -0.25) is 4.68 Å². The molecule has 0 fully saturated rings. The minimum absolute atomic E-state index is 0.187. The van der Waals surface area contributed by atoms with Gasteiger partial charge < -0.3 is 9.88 Å². The molecule has 21 heavy (non-hydrogen) atoms. The van der Waals surface area contributed by atoms with E-state index in [4.69, 9.17) is 11.6 Å². The van der Waals surface area contributed by atoms with Crippen molar-refractivity contribution in [2.24, 2.45) is 7.05 Å². The summed E-state index contributed by atoms with van der Waals surface area (Å²) in [6, 6.07) is 0.187. The number of nitrogens with one attached hydrogen (secondary N) is 1. The minimum atomic E-state index is 0.187. The normalized spacial score (nSPS) is 12.8. The second kappa shape index (κ2) is 7.09. The molecule has 0 saturated heterocycles. The molecule has 1 atom stereocenters. The van der Waals surface area contributed by atoms with Crippen LogP contribution in [0.25, 0.3) is 0 Å². The Morgan fingerprint density at radius 2 is 2.10 bits per heavy atom. The van der Waals surface area contributed by atoms with Crippen LogP contribution < -0.4 is 5.32 Å². The summed E-state index contributed by atoms with van der Waals surface area (Å²) in [4.78, 5) is 4.22. The zero-order valence-corrected chi connectivity index (χ0v) is 14.0. The number of rotatable bonds is 7. The quantitative estimate of drug-likeness (QED) is 0.855. The number of hydrogen-bond acceptors (Lipinski definition) is 3. The van der Waals surface area contributed by atoms with Crippen molar-refractivity contribution in [1.29, 1.82) is 0 Å². The lowest BCUT2D eigenvalue weighted by molar-refractivity contribution is 0.495. The average Bonchev–Trinajstić information content (AvgIpc) is 3.03. The van der Waals surface area contributed by atoms with Crippen molar-refractivity contribution >= 4 is 11.6 Å². The predicted octanol–water partition coefficient (Wildman–Crippen LogP) is 2.75. The fourth-order valence-electron chi connectivity index (χ4n) is 2.64. The van der Waals surface area contributed by atoms with E-state index in [2.05, 4.69) is 40.7 Å². The van der Waals surface area contributed by atoms with Crippen molar-refractivity contribution < 1.29 is 0 Å². The number of likely N-dealkylation sites (N-methyl/N-ethyl adjacent to an activating group) is 1. The monoisotopic (exact) mass is 309 g/mol. The molecule has 0 aromatic carbocycles. The van der Waals surface area contributed by atoms with Crippen LogP contribution in [-0.4, -0.2) is 25.9 Å². The fraction of sp³-hybridized carbons (Fsp3) is 0.600. The van der Waals surface area contributed by atoms with E-state index in [1.807, 2.05) is 24.3 Å². The van der Waals surface area contributed by atoms with Gasteiger partial charge >= 0.3 is 0 Å². The van der Waals surface area contributed by atoms with Crippen molar-refractivity contribution in [3.8, 4) is 0 Å². The molecule has 1 N–H and O–H groups in total. The summed E-state index contributed by atoms with van der Waals surface area (Å²) in [7, 11) is 2.02. The lowest BCUT2D eigenvalue weighted by Crippen LogP contribution is -2.26. The molecule has 0 bridgehead atoms. The molecule has 2 rings (SSSR count). The molecule has 0 spiro atoms. The maximum atomic E-state index is 6.52. The molecule has 0 aliphatic rings. The van der Waals surface area contributed by atoms with Crippen molar-refractivity contribution in [1.82, 2.24) is 24.6 Å². The van der Waals surface area contributed by atoms with Crippen LogP contribution >= 0.6 is 11.6 Å². The van der Waals surface area contributed by atoms with E-state index in [0.29, 0.717) is 0 Å². The molecule has 2 aromatic heterocycles. The molecule has 0 amide bonds. The van der Waals surface area contributed by atoms with E-state index in [1.54, 1.807) is 0 Å². The Labute approximate surface area is 131 Å². The highest BCUT2D eigenvalue weighted by molar-refractivity contribution is 6.31. The van der Waals surface area contributed by atoms with E-state index >= 15 is 0 Å². The number of aryl methyl sites for hydroxylation is 3. The summed E-state index contributed by atoms with van der Waals surface area (Å²) in [5.41, 5.74) is 3.24. The predicted molar refractivity (Wildman–Crippen MR) is 85.6 cm³/mol. The third-order valence-electron chi connectivity index (χ3n) is 3.75. The van der Waals surface area contributed by atoms with Gasteiger partial charge in [-0.25, -0.2) is 4.98 Å². The highest BCUT2D eigenvalue weighted by Gasteiger charge is 2.21. The van der Waals surface area contributed by atoms with Crippen LogP contribution in [0.15, 0.2) is 12.5 Å². The summed E-state index contributed by atoms with van der Waals surface area (Å²) in [5.74, 6) is 0. The Kier molecular flexibility index (Phi) is 5.42.